The minimum Gasteiger partial charge on any atom is -0.368 e. The first kappa shape index (κ1) is 17.0. The lowest BCUT2D eigenvalue weighted by Gasteiger charge is -2.39. The van der Waals surface area contributed by atoms with E-state index in [-0.39, 0.29) is 11.9 Å². The highest BCUT2D eigenvalue weighted by Crippen LogP contribution is 2.42. The van der Waals surface area contributed by atoms with E-state index in [4.69, 9.17) is 5.73 Å². The fourth-order valence-corrected chi connectivity index (χ4v) is 4.95. The van der Waals surface area contributed by atoms with Crippen LogP contribution in [0, 0.1) is 5.92 Å². The molecule has 1 saturated carbocycles. The zero-order valence-corrected chi connectivity index (χ0v) is 15.2. The summed E-state index contributed by atoms with van der Waals surface area (Å²) in [7, 11) is 0. The van der Waals surface area contributed by atoms with E-state index in [2.05, 4.69) is 34.1 Å². The Morgan fingerprint density at radius 2 is 1.76 bits per heavy atom. The molecular weight excluding hydrogens is 310 g/mol. The van der Waals surface area contributed by atoms with Crippen molar-refractivity contribution in [2.24, 2.45) is 11.7 Å². The quantitative estimate of drug-likeness (QED) is 0.865. The van der Waals surface area contributed by atoms with Crippen molar-refractivity contribution in [3.05, 3.63) is 35.4 Å². The molecule has 3 aliphatic rings. The SMILES string of the molecule is NC(=O)[C@@H]1CCCN1C[C@H]1C[C@H](c2ccc(CN3CCCC3)cc2)C1. The first-order valence-corrected chi connectivity index (χ1v) is 10.0. The molecule has 4 rings (SSSR count). The number of primary amides is 1. The van der Waals surface area contributed by atoms with Gasteiger partial charge in [-0.15, -0.1) is 0 Å². The molecule has 4 heteroatoms. The van der Waals surface area contributed by atoms with Crippen LogP contribution >= 0.6 is 0 Å². The second kappa shape index (κ2) is 7.46. The van der Waals surface area contributed by atoms with Gasteiger partial charge >= 0.3 is 0 Å². The summed E-state index contributed by atoms with van der Waals surface area (Å²) in [5.41, 5.74) is 8.47. The van der Waals surface area contributed by atoms with Crippen LogP contribution in [-0.4, -0.2) is 47.9 Å². The molecule has 0 spiro atoms. The summed E-state index contributed by atoms with van der Waals surface area (Å²) < 4.78 is 0. The summed E-state index contributed by atoms with van der Waals surface area (Å²) in [5.74, 6) is 1.30. The van der Waals surface area contributed by atoms with Gasteiger partial charge in [-0.25, -0.2) is 0 Å². The molecule has 136 valence electrons. The molecule has 1 aliphatic carbocycles. The Balaban J connectivity index is 1.25. The van der Waals surface area contributed by atoms with Gasteiger partial charge in [-0.1, -0.05) is 24.3 Å². The van der Waals surface area contributed by atoms with Crippen LogP contribution in [0.1, 0.15) is 55.6 Å². The van der Waals surface area contributed by atoms with Gasteiger partial charge in [-0.05, 0) is 81.1 Å². The monoisotopic (exact) mass is 341 g/mol. The maximum atomic E-state index is 11.5. The maximum Gasteiger partial charge on any atom is 0.234 e. The second-order valence-electron chi connectivity index (χ2n) is 8.31. The summed E-state index contributed by atoms with van der Waals surface area (Å²) in [4.78, 5) is 16.4. The summed E-state index contributed by atoms with van der Waals surface area (Å²) >= 11 is 0. The van der Waals surface area contributed by atoms with Crippen molar-refractivity contribution in [2.75, 3.05) is 26.2 Å². The molecule has 1 atom stereocenters. The summed E-state index contributed by atoms with van der Waals surface area (Å²) in [5, 5.41) is 0. The number of nitrogens with two attached hydrogens (primary N) is 1. The van der Waals surface area contributed by atoms with E-state index in [1.807, 2.05) is 0 Å². The molecule has 4 nitrogen and oxygen atoms in total. The average molecular weight is 341 g/mol. The molecule has 3 fully saturated rings. The third-order valence-electron chi connectivity index (χ3n) is 6.48. The van der Waals surface area contributed by atoms with Crippen LogP contribution in [0.3, 0.4) is 0 Å². The van der Waals surface area contributed by atoms with E-state index in [0.717, 1.165) is 38.4 Å². The highest BCUT2D eigenvalue weighted by Gasteiger charge is 2.36. The molecule has 0 radical (unpaired) electrons. The van der Waals surface area contributed by atoms with Gasteiger partial charge in [0.2, 0.25) is 5.91 Å². The molecule has 2 saturated heterocycles. The molecule has 1 amide bonds. The Kier molecular flexibility index (Phi) is 5.09. The van der Waals surface area contributed by atoms with E-state index < -0.39 is 0 Å². The number of amides is 1. The Labute approximate surface area is 151 Å². The summed E-state index contributed by atoms with van der Waals surface area (Å²) in [6.07, 6.45) is 7.29. The predicted octanol–water partition coefficient (Wildman–Crippen LogP) is 2.73. The minimum absolute atomic E-state index is 0.0103. The van der Waals surface area contributed by atoms with Gasteiger partial charge in [-0.3, -0.25) is 14.6 Å². The molecule has 2 N–H and O–H groups in total. The van der Waals surface area contributed by atoms with Crippen LogP contribution < -0.4 is 5.73 Å². The highest BCUT2D eigenvalue weighted by atomic mass is 16.1. The van der Waals surface area contributed by atoms with Gasteiger partial charge in [0.1, 0.15) is 0 Å². The largest absolute Gasteiger partial charge is 0.368 e. The molecule has 2 aliphatic heterocycles. The van der Waals surface area contributed by atoms with Crippen LogP contribution in [0.15, 0.2) is 24.3 Å². The van der Waals surface area contributed by atoms with Gasteiger partial charge in [0, 0.05) is 13.1 Å². The Morgan fingerprint density at radius 3 is 2.44 bits per heavy atom. The molecule has 0 bridgehead atoms. The standard InChI is InChI=1S/C21H31N3O/c22-21(25)20-4-3-11-24(20)15-17-12-19(13-17)18-7-5-16(6-8-18)14-23-9-1-2-10-23/h5-8,17,19-20H,1-4,9-15H2,(H2,22,25)/t17-,19-,20-/m0/s1. The van der Waals surface area contributed by atoms with Gasteiger partial charge < -0.3 is 5.73 Å². The van der Waals surface area contributed by atoms with Crippen LogP contribution in [0.5, 0.6) is 0 Å². The molecular formula is C21H31N3O. The number of carbonyl (C=O) groups excluding carboxylic acids is 1. The first-order valence-electron chi connectivity index (χ1n) is 10.0. The fraction of sp³-hybridized carbons (Fsp3) is 0.667. The number of likely N-dealkylation sites (tertiary alicyclic amines) is 2. The topological polar surface area (TPSA) is 49.6 Å². The van der Waals surface area contributed by atoms with Gasteiger partial charge in [0.15, 0.2) is 0 Å². The summed E-state index contributed by atoms with van der Waals surface area (Å²) in [6.45, 7) is 5.72. The molecule has 0 aromatic heterocycles. The van der Waals surface area contributed by atoms with Gasteiger partial charge in [0.25, 0.3) is 0 Å². The number of nitrogens with zero attached hydrogens (tertiary/aromatic N) is 2. The fourth-order valence-electron chi connectivity index (χ4n) is 4.95. The van der Waals surface area contributed by atoms with Crippen LogP contribution in [0.25, 0.3) is 0 Å². The average Bonchev–Trinajstić information content (AvgIpc) is 3.23. The predicted molar refractivity (Wildman–Crippen MR) is 100 cm³/mol. The van der Waals surface area contributed by atoms with Crippen LogP contribution in [0.2, 0.25) is 0 Å². The van der Waals surface area contributed by atoms with Crippen molar-refractivity contribution in [3.8, 4) is 0 Å². The van der Waals surface area contributed by atoms with Gasteiger partial charge in [-0.2, -0.15) is 0 Å². The molecule has 25 heavy (non-hydrogen) atoms. The van der Waals surface area contributed by atoms with Crippen molar-refractivity contribution in [1.82, 2.24) is 9.80 Å². The van der Waals surface area contributed by atoms with Crippen LogP contribution in [-0.2, 0) is 11.3 Å². The van der Waals surface area contributed by atoms with E-state index in [1.54, 1.807) is 0 Å². The van der Waals surface area contributed by atoms with Crippen molar-refractivity contribution in [1.29, 1.82) is 0 Å². The molecule has 2 heterocycles. The number of hydrogen-bond acceptors (Lipinski definition) is 3. The smallest absolute Gasteiger partial charge is 0.234 e. The highest BCUT2D eigenvalue weighted by molar-refractivity contribution is 5.80. The number of hydrogen-bond donors (Lipinski definition) is 1. The van der Waals surface area contributed by atoms with Crippen molar-refractivity contribution in [3.63, 3.8) is 0 Å². The third-order valence-corrected chi connectivity index (χ3v) is 6.48. The van der Waals surface area contributed by atoms with Gasteiger partial charge in [0.05, 0.1) is 6.04 Å². The minimum atomic E-state index is -0.137. The number of rotatable bonds is 6. The zero-order valence-electron chi connectivity index (χ0n) is 15.2. The van der Waals surface area contributed by atoms with E-state index in [1.165, 1.54) is 49.9 Å². The Morgan fingerprint density at radius 1 is 1.04 bits per heavy atom. The second-order valence-corrected chi connectivity index (χ2v) is 8.31. The maximum absolute atomic E-state index is 11.5. The summed E-state index contributed by atoms with van der Waals surface area (Å²) in [6, 6.07) is 9.32. The molecule has 1 aromatic rings. The van der Waals surface area contributed by atoms with Crippen molar-refractivity contribution < 1.29 is 4.79 Å². The Hall–Kier alpha value is -1.39. The lowest BCUT2D eigenvalue weighted by Crippen LogP contribution is -2.44. The van der Waals surface area contributed by atoms with Crippen LogP contribution in [0.4, 0.5) is 0 Å². The van der Waals surface area contributed by atoms with Crippen molar-refractivity contribution >= 4 is 5.91 Å². The first-order chi connectivity index (χ1) is 12.2. The molecule has 0 unspecified atom stereocenters. The van der Waals surface area contributed by atoms with E-state index in [9.17, 15) is 4.79 Å². The molecule has 1 aromatic carbocycles. The zero-order chi connectivity index (χ0) is 17.2. The number of carbonyl (C=O) groups is 1. The van der Waals surface area contributed by atoms with E-state index >= 15 is 0 Å². The third kappa shape index (κ3) is 3.90. The Bertz CT molecular complexity index is 588. The lowest BCUT2D eigenvalue weighted by molar-refractivity contribution is -0.122. The lowest BCUT2D eigenvalue weighted by atomic mass is 9.71. The van der Waals surface area contributed by atoms with Crippen molar-refractivity contribution in [2.45, 2.75) is 57.0 Å². The normalized spacial score (nSPS) is 30.5. The van der Waals surface area contributed by atoms with E-state index in [0.29, 0.717) is 5.92 Å². The number of benzene rings is 1.